The maximum Gasteiger partial charge on any atom is 0.164 e. The Labute approximate surface area is 169 Å². The van der Waals surface area contributed by atoms with Crippen LogP contribution in [-0.4, -0.2) is 36.3 Å². The number of aryl methyl sites for hydroxylation is 1. The van der Waals surface area contributed by atoms with E-state index in [0.717, 1.165) is 58.8 Å². The van der Waals surface area contributed by atoms with Gasteiger partial charge in [0.2, 0.25) is 0 Å². The Kier molecular flexibility index (Phi) is 4.27. The maximum absolute atomic E-state index is 4.89. The topological polar surface area (TPSA) is 72.6 Å². The Morgan fingerprint density at radius 2 is 1.62 bits per heavy atom. The van der Waals surface area contributed by atoms with E-state index in [-0.39, 0.29) is 0 Å². The molecule has 0 saturated carbocycles. The van der Waals surface area contributed by atoms with E-state index in [1.54, 1.807) is 12.4 Å². The molecule has 1 aliphatic heterocycles. The minimum absolute atomic E-state index is 0.674. The van der Waals surface area contributed by atoms with Gasteiger partial charge in [-0.15, -0.1) is 10.2 Å². The van der Waals surface area contributed by atoms with E-state index in [9.17, 15) is 0 Å². The molecule has 0 bridgehead atoms. The second-order valence-electron chi connectivity index (χ2n) is 7.20. The predicted molar refractivity (Wildman–Crippen MR) is 111 cm³/mol. The van der Waals surface area contributed by atoms with Gasteiger partial charge in [0.1, 0.15) is 5.82 Å². The molecule has 4 aromatic rings. The lowest BCUT2D eigenvalue weighted by Gasteiger charge is -2.30. The number of hydrogen-bond acceptors (Lipinski definition) is 6. The molecule has 0 N–H and O–H groups in total. The molecule has 3 aromatic heterocycles. The van der Waals surface area contributed by atoms with Crippen molar-refractivity contribution < 1.29 is 0 Å². The molecule has 0 unspecified atom stereocenters. The Balaban J connectivity index is 1.50. The molecule has 5 rings (SSSR count). The summed E-state index contributed by atoms with van der Waals surface area (Å²) in [6.45, 7) is 6.45. The van der Waals surface area contributed by atoms with Gasteiger partial charge in [-0.1, -0.05) is 30.3 Å². The minimum Gasteiger partial charge on any atom is -0.347 e. The lowest BCUT2D eigenvalue weighted by Crippen LogP contribution is -2.35. The van der Waals surface area contributed by atoms with Gasteiger partial charge in [-0.25, -0.2) is 9.97 Å². The zero-order valence-corrected chi connectivity index (χ0v) is 16.4. The van der Waals surface area contributed by atoms with Gasteiger partial charge in [-0.05, 0) is 26.0 Å². The summed E-state index contributed by atoms with van der Waals surface area (Å²) in [6, 6.07) is 14.1. The van der Waals surface area contributed by atoms with Crippen LogP contribution in [0.15, 0.2) is 54.9 Å². The van der Waals surface area contributed by atoms with E-state index in [1.807, 2.05) is 37.3 Å². The third-order valence-electron chi connectivity index (χ3n) is 5.39. The molecule has 0 fully saturated rings. The van der Waals surface area contributed by atoms with E-state index in [2.05, 4.69) is 48.7 Å². The number of benzene rings is 1. The van der Waals surface area contributed by atoms with Crippen LogP contribution in [0, 0.1) is 13.8 Å². The first kappa shape index (κ1) is 17.5. The summed E-state index contributed by atoms with van der Waals surface area (Å²) in [5, 5.41) is 8.91. The zero-order valence-electron chi connectivity index (χ0n) is 16.4. The standard InChI is InChI=1S/C22H21N7/c1-15-16(2)24-20(17-8-10-23-11-9-17)25-21(15)28-12-13-29-19(14-28)26-27-22(29)18-6-4-3-5-7-18/h3-11H,12-14H2,1-2H3. The SMILES string of the molecule is Cc1nc(-c2ccncc2)nc(N2CCn3c(nnc3-c3ccccc3)C2)c1C. The summed E-state index contributed by atoms with van der Waals surface area (Å²) in [7, 11) is 0. The van der Waals surface area contributed by atoms with Crippen LogP contribution in [0.2, 0.25) is 0 Å². The normalized spacial score (nSPS) is 13.4. The van der Waals surface area contributed by atoms with Crippen LogP contribution in [0.3, 0.4) is 0 Å². The van der Waals surface area contributed by atoms with Crippen molar-refractivity contribution in [2.24, 2.45) is 0 Å². The number of fused-ring (bicyclic) bond motifs is 1. The molecule has 4 heterocycles. The second-order valence-corrected chi connectivity index (χ2v) is 7.20. The average molecular weight is 383 g/mol. The second kappa shape index (κ2) is 7.09. The third-order valence-corrected chi connectivity index (χ3v) is 5.39. The van der Waals surface area contributed by atoms with Crippen molar-refractivity contribution in [1.29, 1.82) is 0 Å². The largest absolute Gasteiger partial charge is 0.347 e. The molecule has 0 amide bonds. The van der Waals surface area contributed by atoms with Crippen molar-refractivity contribution in [3.8, 4) is 22.8 Å². The molecule has 1 aromatic carbocycles. The third kappa shape index (κ3) is 3.14. The number of anilines is 1. The molecule has 0 saturated heterocycles. The molecule has 29 heavy (non-hydrogen) atoms. The number of rotatable bonds is 3. The first-order valence-corrected chi connectivity index (χ1v) is 9.69. The van der Waals surface area contributed by atoms with E-state index < -0.39 is 0 Å². The molecular formula is C22H21N7. The Morgan fingerprint density at radius 1 is 0.828 bits per heavy atom. The van der Waals surface area contributed by atoms with Gasteiger partial charge in [0, 0.05) is 47.9 Å². The Hall–Kier alpha value is -3.61. The Bertz CT molecular complexity index is 1150. The van der Waals surface area contributed by atoms with Crippen LogP contribution in [0.25, 0.3) is 22.8 Å². The highest BCUT2D eigenvalue weighted by Gasteiger charge is 2.25. The quantitative estimate of drug-likeness (QED) is 0.540. The van der Waals surface area contributed by atoms with Gasteiger partial charge < -0.3 is 9.47 Å². The van der Waals surface area contributed by atoms with Crippen LogP contribution in [0.4, 0.5) is 5.82 Å². The average Bonchev–Trinajstić information content (AvgIpc) is 3.20. The van der Waals surface area contributed by atoms with Crippen LogP contribution in [-0.2, 0) is 13.1 Å². The molecular weight excluding hydrogens is 362 g/mol. The number of hydrogen-bond donors (Lipinski definition) is 0. The number of nitrogens with zero attached hydrogens (tertiary/aromatic N) is 7. The lowest BCUT2D eigenvalue weighted by molar-refractivity contribution is 0.558. The smallest absolute Gasteiger partial charge is 0.164 e. The zero-order chi connectivity index (χ0) is 19.8. The van der Waals surface area contributed by atoms with Crippen molar-refractivity contribution in [2.45, 2.75) is 26.9 Å². The molecule has 144 valence electrons. The first-order chi connectivity index (χ1) is 14.2. The van der Waals surface area contributed by atoms with Crippen molar-refractivity contribution in [3.63, 3.8) is 0 Å². The van der Waals surface area contributed by atoms with Crippen LogP contribution in [0.1, 0.15) is 17.1 Å². The summed E-state index contributed by atoms with van der Waals surface area (Å²) in [6.07, 6.45) is 3.53. The van der Waals surface area contributed by atoms with Crippen molar-refractivity contribution in [3.05, 3.63) is 71.9 Å². The fourth-order valence-electron chi connectivity index (χ4n) is 3.69. The van der Waals surface area contributed by atoms with Gasteiger partial charge in [0.25, 0.3) is 0 Å². The van der Waals surface area contributed by atoms with Gasteiger partial charge in [0.05, 0.1) is 6.54 Å². The number of pyridine rings is 1. The predicted octanol–water partition coefficient (Wildman–Crippen LogP) is 3.43. The van der Waals surface area contributed by atoms with Crippen molar-refractivity contribution >= 4 is 5.82 Å². The van der Waals surface area contributed by atoms with Gasteiger partial charge in [0.15, 0.2) is 17.5 Å². The van der Waals surface area contributed by atoms with E-state index in [4.69, 9.17) is 4.98 Å². The molecule has 1 aliphatic rings. The minimum atomic E-state index is 0.674. The highest BCUT2D eigenvalue weighted by Crippen LogP contribution is 2.28. The first-order valence-electron chi connectivity index (χ1n) is 9.69. The fourth-order valence-corrected chi connectivity index (χ4v) is 3.69. The summed E-state index contributed by atoms with van der Waals surface area (Å²) in [5.41, 5.74) is 4.14. The molecule has 7 nitrogen and oxygen atoms in total. The lowest BCUT2D eigenvalue weighted by atomic mass is 10.2. The molecule has 0 spiro atoms. The van der Waals surface area contributed by atoms with Crippen molar-refractivity contribution in [1.82, 2.24) is 29.7 Å². The van der Waals surface area contributed by atoms with E-state index >= 15 is 0 Å². The summed E-state index contributed by atoms with van der Waals surface area (Å²) in [5.74, 6) is 3.56. The van der Waals surface area contributed by atoms with Crippen LogP contribution in [0.5, 0.6) is 0 Å². The monoisotopic (exact) mass is 383 g/mol. The molecule has 0 aliphatic carbocycles. The number of aromatic nitrogens is 6. The van der Waals surface area contributed by atoms with Crippen LogP contribution >= 0.6 is 0 Å². The molecule has 0 atom stereocenters. The highest BCUT2D eigenvalue weighted by molar-refractivity contribution is 5.60. The maximum atomic E-state index is 4.89. The fraction of sp³-hybridized carbons (Fsp3) is 0.227. The highest BCUT2D eigenvalue weighted by atomic mass is 15.4. The molecule has 7 heteroatoms. The van der Waals surface area contributed by atoms with Gasteiger partial charge in [-0.2, -0.15) is 0 Å². The van der Waals surface area contributed by atoms with E-state index in [0.29, 0.717) is 6.54 Å². The van der Waals surface area contributed by atoms with E-state index in [1.165, 1.54) is 0 Å². The summed E-state index contributed by atoms with van der Waals surface area (Å²) in [4.78, 5) is 15.9. The van der Waals surface area contributed by atoms with Gasteiger partial charge >= 0.3 is 0 Å². The summed E-state index contributed by atoms with van der Waals surface area (Å²) >= 11 is 0. The van der Waals surface area contributed by atoms with Gasteiger partial charge in [-0.3, -0.25) is 4.98 Å². The summed E-state index contributed by atoms with van der Waals surface area (Å²) < 4.78 is 2.21. The molecule has 0 radical (unpaired) electrons. The Morgan fingerprint density at radius 3 is 2.41 bits per heavy atom. The van der Waals surface area contributed by atoms with Crippen LogP contribution < -0.4 is 4.90 Å². The van der Waals surface area contributed by atoms with Crippen molar-refractivity contribution in [2.75, 3.05) is 11.4 Å².